The number of nitrogen functional groups attached to an aromatic ring is 1. The van der Waals surface area contributed by atoms with E-state index in [1.165, 1.54) is 13.0 Å². The number of thiol groups is 1. The van der Waals surface area contributed by atoms with Gasteiger partial charge in [-0.25, -0.2) is 16.9 Å². The van der Waals surface area contributed by atoms with Gasteiger partial charge in [-0.15, -0.1) is 0 Å². The predicted molar refractivity (Wildman–Crippen MR) is 103 cm³/mol. The van der Waals surface area contributed by atoms with E-state index in [2.05, 4.69) is 19.6 Å². The monoisotopic (exact) mass is 375 g/mol. The van der Waals surface area contributed by atoms with E-state index >= 15 is 0 Å². The molecule has 0 unspecified atom stereocenters. The molecule has 0 aliphatic heterocycles. The van der Waals surface area contributed by atoms with Crippen molar-refractivity contribution in [2.75, 3.05) is 5.73 Å². The average Bonchev–Trinajstić information content (AvgIpc) is 3.42. The number of benzene rings is 1. The Labute approximate surface area is 156 Å². The molecule has 9 heteroatoms. The van der Waals surface area contributed by atoms with Crippen LogP contribution in [-0.4, -0.2) is 22.7 Å². The van der Waals surface area contributed by atoms with Gasteiger partial charge in [0.1, 0.15) is 5.82 Å². The van der Waals surface area contributed by atoms with E-state index in [4.69, 9.17) is 11.5 Å². The van der Waals surface area contributed by atoms with E-state index in [1.807, 2.05) is 0 Å². The Balaban J connectivity index is 0.00000117. The first kappa shape index (κ1) is 19.9. The number of rotatable bonds is 3. The van der Waals surface area contributed by atoms with Gasteiger partial charge in [-0.1, -0.05) is 0 Å². The van der Waals surface area contributed by atoms with Crippen molar-refractivity contribution in [1.29, 1.82) is 0 Å². The second-order valence-electron chi connectivity index (χ2n) is 6.18. The number of halogens is 1. The Bertz CT molecular complexity index is 942. The van der Waals surface area contributed by atoms with Gasteiger partial charge in [0, 0.05) is 11.1 Å². The van der Waals surface area contributed by atoms with E-state index in [0.717, 1.165) is 23.5 Å². The fourth-order valence-electron chi connectivity index (χ4n) is 3.01. The maximum absolute atomic E-state index is 13.7. The van der Waals surface area contributed by atoms with E-state index in [-0.39, 0.29) is 34.1 Å². The number of phenols is 1. The number of hydrogen-bond acceptors (Lipinski definition) is 5. The van der Waals surface area contributed by atoms with Crippen molar-refractivity contribution in [1.82, 2.24) is 4.57 Å². The number of aromatic nitrogens is 1. The number of nitrogens with two attached hydrogens (primary N) is 2. The first-order valence-electron chi connectivity index (χ1n) is 7.84. The van der Waals surface area contributed by atoms with Gasteiger partial charge in [0.15, 0.2) is 18.7 Å². The van der Waals surface area contributed by atoms with Gasteiger partial charge in [-0.05, 0) is 50.3 Å². The highest BCUT2D eigenvalue weighted by Gasteiger charge is 2.30. The summed E-state index contributed by atoms with van der Waals surface area (Å²) >= 11 is 3.03. The number of primary amides is 1. The molecule has 1 aliphatic rings. The summed E-state index contributed by atoms with van der Waals surface area (Å²) < 4.78 is 14.9. The lowest BCUT2D eigenvalue weighted by Crippen LogP contribution is -2.29. The fraction of sp³-hybridized carbons (Fsp3) is 0.294. The normalized spacial score (nSPS) is 13.1. The molecule has 26 heavy (non-hydrogen) atoms. The maximum atomic E-state index is 13.7. The lowest BCUT2D eigenvalue weighted by molar-refractivity contribution is 0.100. The third-order valence-corrected chi connectivity index (χ3v) is 4.43. The number of pyridine rings is 1. The molecule has 5 N–H and O–H groups in total. The quantitative estimate of drug-likeness (QED) is 0.485. The van der Waals surface area contributed by atoms with Crippen molar-refractivity contribution in [3.8, 4) is 11.4 Å². The summed E-state index contributed by atoms with van der Waals surface area (Å²) in [4.78, 5) is 24.6. The number of amides is 1. The van der Waals surface area contributed by atoms with Gasteiger partial charge in [-0.2, -0.15) is 0 Å². The van der Waals surface area contributed by atoms with Crippen LogP contribution in [0.15, 0.2) is 16.9 Å². The highest BCUT2D eigenvalue weighted by molar-refractivity contribution is 8.03. The standard InChI is InChI=1S/C17H18FN3O3.BHS/c1-7-5-12(18)14(22)8(2)13(7)21-15(19)11(16(20)23)6-10(17(21)24)9-3-4-9;1-2/h5-6,9,22H,3-4,19H2,1-2H3,(H2,20,23);2H. The Hall–Kier alpha value is -2.42. The zero-order chi connectivity index (χ0) is 19.8. The first-order chi connectivity index (χ1) is 12.2. The minimum Gasteiger partial charge on any atom is -0.505 e. The van der Waals surface area contributed by atoms with Crippen LogP contribution in [0, 0.1) is 19.7 Å². The van der Waals surface area contributed by atoms with Gasteiger partial charge in [0.2, 0.25) is 0 Å². The summed E-state index contributed by atoms with van der Waals surface area (Å²) in [5, 5.41) is 9.90. The van der Waals surface area contributed by atoms with Crippen molar-refractivity contribution in [3.63, 3.8) is 0 Å². The van der Waals surface area contributed by atoms with E-state index in [9.17, 15) is 19.1 Å². The van der Waals surface area contributed by atoms with Crippen LogP contribution in [0.3, 0.4) is 0 Å². The van der Waals surface area contributed by atoms with Crippen molar-refractivity contribution >= 4 is 31.3 Å². The molecule has 1 amide bonds. The van der Waals surface area contributed by atoms with Crippen molar-refractivity contribution < 1.29 is 14.3 Å². The number of carbonyl (C=O) groups excluding carboxylic acids is 1. The van der Waals surface area contributed by atoms with Gasteiger partial charge < -0.3 is 16.6 Å². The van der Waals surface area contributed by atoms with Crippen LogP contribution >= 0.6 is 12.5 Å². The highest BCUT2D eigenvalue weighted by atomic mass is 32.1. The molecule has 6 nitrogen and oxygen atoms in total. The average molecular weight is 375 g/mol. The third-order valence-electron chi connectivity index (χ3n) is 4.43. The van der Waals surface area contributed by atoms with Crippen LogP contribution < -0.4 is 17.0 Å². The molecule has 1 aliphatic carbocycles. The first-order valence-corrected chi connectivity index (χ1v) is 8.35. The predicted octanol–water partition coefficient (Wildman–Crippen LogP) is 1.86. The molecule has 1 fully saturated rings. The number of aryl methyl sites for hydroxylation is 1. The number of carbonyl (C=O) groups is 1. The second-order valence-corrected chi connectivity index (χ2v) is 6.18. The molecule has 2 aromatic rings. The van der Waals surface area contributed by atoms with Crippen molar-refractivity contribution in [2.24, 2.45) is 5.73 Å². The third kappa shape index (κ3) is 3.31. The van der Waals surface area contributed by atoms with E-state index < -0.39 is 17.5 Å². The van der Waals surface area contributed by atoms with Gasteiger partial charge in [0.25, 0.3) is 11.5 Å². The SMILES string of the molecule is Cc1cc(F)c(O)c(C)c1-n1c(N)c(C(N)=O)cc(C2CC2)c1=O.[B]S. The summed E-state index contributed by atoms with van der Waals surface area (Å²) in [6.45, 7) is 3.09. The van der Waals surface area contributed by atoms with Crippen LogP contribution in [0.1, 0.15) is 45.8 Å². The van der Waals surface area contributed by atoms with Gasteiger partial charge in [-0.3, -0.25) is 14.2 Å². The van der Waals surface area contributed by atoms with Crippen molar-refractivity contribution in [3.05, 3.63) is 50.6 Å². The molecule has 136 valence electrons. The molecule has 0 saturated heterocycles. The molecule has 0 spiro atoms. The topological polar surface area (TPSA) is 111 Å². The fourth-order valence-corrected chi connectivity index (χ4v) is 3.01. The smallest absolute Gasteiger partial charge is 0.260 e. The zero-order valence-electron chi connectivity index (χ0n) is 14.4. The number of nitrogens with zero attached hydrogens (tertiary/aromatic N) is 1. The minimum absolute atomic E-state index is 0.0408. The summed E-state index contributed by atoms with van der Waals surface area (Å²) in [6, 6.07) is 2.57. The molecule has 1 heterocycles. The van der Waals surface area contributed by atoms with Gasteiger partial charge >= 0.3 is 0 Å². The summed E-state index contributed by atoms with van der Waals surface area (Å²) in [5.74, 6) is -2.14. The largest absolute Gasteiger partial charge is 0.505 e. The summed E-state index contributed by atoms with van der Waals surface area (Å²) in [6.07, 6.45) is 1.70. The minimum atomic E-state index is -0.783. The zero-order valence-corrected chi connectivity index (χ0v) is 15.3. The molecule has 0 atom stereocenters. The van der Waals surface area contributed by atoms with Crippen molar-refractivity contribution in [2.45, 2.75) is 32.6 Å². The van der Waals surface area contributed by atoms with Crippen LogP contribution in [-0.2, 0) is 0 Å². The van der Waals surface area contributed by atoms with Crippen LogP contribution in [0.2, 0.25) is 0 Å². The number of phenolic OH excluding ortho intramolecular Hbond substituents is 1. The van der Waals surface area contributed by atoms with Gasteiger partial charge in [0.05, 0.1) is 11.3 Å². The lowest BCUT2D eigenvalue weighted by atomic mass is 10.0. The number of anilines is 1. The maximum Gasteiger partial charge on any atom is 0.260 e. The summed E-state index contributed by atoms with van der Waals surface area (Å²) in [7, 11) is 4.19. The molecular weight excluding hydrogens is 356 g/mol. The Morgan fingerprint density at radius 2 is 1.92 bits per heavy atom. The molecule has 2 radical (unpaired) electrons. The Morgan fingerprint density at radius 1 is 1.35 bits per heavy atom. The lowest BCUT2D eigenvalue weighted by Gasteiger charge is -2.19. The highest BCUT2D eigenvalue weighted by Crippen LogP contribution is 2.40. The molecular formula is C17H19BFN3O3S. The van der Waals surface area contributed by atoms with E-state index in [1.54, 1.807) is 6.92 Å². The Kier molecular flexibility index (Phi) is 5.70. The molecule has 1 saturated carbocycles. The second kappa shape index (κ2) is 7.45. The van der Waals surface area contributed by atoms with Crippen LogP contribution in [0.4, 0.5) is 10.2 Å². The van der Waals surface area contributed by atoms with Crippen LogP contribution in [0.5, 0.6) is 5.75 Å². The molecule has 1 aromatic carbocycles. The summed E-state index contributed by atoms with van der Waals surface area (Å²) in [5.41, 5.74) is 12.4. The van der Waals surface area contributed by atoms with E-state index in [0.29, 0.717) is 11.1 Å². The molecule has 3 rings (SSSR count). The number of hydrogen-bond donors (Lipinski definition) is 4. The molecule has 0 bridgehead atoms. The molecule has 1 aromatic heterocycles. The Morgan fingerprint density at radius 3 is 2.42 bits per heavy atom. The number of aromatic hydroxyl groups is 1. The van der Waals surface area contributed by atoms with Crippen LogP contribution in [0.25, 0.3) is 5.69 Å².